The molecule has 2 bridgehead atoms. The zero-order chi connectivity index (χ0) is 21.4. The van der Waals surface area contributed by atoms with Crippen molar-refractivity contribution in [3.63, 3.8) is 0 Å². The number of fused-ring (bicyclic) bond motifs is 2. The molecule has 3 rings (SSSR count). The number of benzene rings is 1. The Hall–Kier alpha value is -2.37. The smallest absolute Gasteiger partial charge is 0.407 e. The number of carbonyl (C=O) groups excluding carboxylic acids is 2. The Morgan fingerprint density at radius 3 is 2.34 bits per heavy atom. The number of nitrogens with one attached hydrogen (secondary N) is 2. The van der Waals surface area contributed by atoms with E-state index < -0.39 is 11.7 Å². The fourth-order valence-electron chi connectivity index (χ4n) is 4.54. The molecule has 2 saturated carbocycles. The van der Waals surface area contributed by atoms with Gasteiger partial charge in [0.05, 0.1) is 0 Å². The molecule has 0 aliphatic heterocycles. The van der Waals surface area contributed by atoms with Crippen LogP contribution in [0.15, 0.2) is 29.4 Å². The molecule has 1 aromatic carbocycles. The van der Waals surface area contributed by atoms with Gasteiger partial charge in [-0.3, -0.25) is 4.79 Å². The van der Waals surface area contributed by atoms with Crippen LogP contribution in [-0.4, -0.2) is 23.3 Å². The van der Waals surface area contributed by atoms with Crippen LogP contribution in [-0.2, 0) is 11.3 Å². The Morgan fingerprint density at radius 1 is 1.17 bits per heavy atom. The van der Waals surface area contributed by atoms with E-state index in [1.54, 1.807) is 12.1 Å². The van der Waals surface area contributed by atoms with Crippen molar-refractivity contribution in [2.24, 2.45) is 21.8 Å². The van der Waals surface area contributed by atoms with E-state index in [9.17, 15) is 9.59 Å². The summed E-state index contributed by atoms with van der Waals surface area (Å²) in [5, 5.41) is 7.22. The van der Waals surface area contributed by atoms with Crippen LogP contribution in [0.3, 0.4) is 0 Å². The van der Waals surface area contributed by atoms with Crippen molar-refractivity contribution in [1.29, 1.82) is 0 Å². The van der Waals surface area contributed by atoms with Gasteiger partial charge in [0.2, 0.25) is 0 Å². The largest absolute Gasteiger partial charge is 0.444 e. The number of hydrogen-bond donors (Lipinski definition) is 2. The SMILES string of the molecule is CC(C)(C)OC(=O)NCc1ccc(C(=O)N/N=C2/C[C@H]3CC[C@@]2(C)C3(C)C)cc1. The molecule has 0 radical (unpaired) electrons. The van der Waals surface area contributed by atoms with E-state index in [-0.39, 0.29) is 16.7 Å². The minimum Gasteiger partial charge on any atom is -0.444 e. The van der Waals surface area contributed by atoms with Crippen LogP contribution in [0, 0.1) is 16.7 Å². The highest BCUT2D eigenvalue weighted by molar-refractivity contribution is 5.98. The van der Waals surface area contributed by atoms with Crippen LogP contribution in [0.1, 0.15) is 76.7 Å². The number of hydrogen-bond acceptors (Lipinski definition) is 4. The van der Waals surface area contributed by atoms with Crippen molar-refractivity contribution in [3.8, 4) is 0 Å². The Kier molecular flexibility index (Phi) is 5.50. The molecule has 6 nitrogen and oxygen atoms in total. The maximum Gasteiger partial charge on any atom is 0.407 e. The Labute approximate surface area is 173 Å². The Morgan fingerprint density at radius 2 is 1.83 bits per heavy atom. The van der Waals surface area contributed by atoms with Gasteiger partial charge in [0.15, 0.2) is 0 Å². The number of amides is 2. The molecule has 6 heteroatoms. The molecule has 2 amide bonds. The van der Waals surface area contributed by atoms with Gasteiger partial charge in [0.1, 0.15) is 5.60 Å². The van der Waals surface area contributed by atoms with Crippen molar-refractivity contribution < 1.29 is 14.3 Å². The summed E-state index contributed by atoms with van der Waals surface area (Å²) < 4.78 is 5.22. The Balaban J connectivity index is 1.56. The molecule has 1 aromatic rings. The lowest BCUT2D eigenvalue weighted by atomic mass is 9.70. The molecule has 0 spiro atoms. The molecule has 2 aliphatic rings. The van der Waals surface area contributed by atoms with Gasteiger partial charge in [-0.15, -0.1) is 0 Å². The van der Waals surface area contributed by atoms with Crippen molar-refractivity contribution in [1.82, 2.24) is 10.7 Å². The molecule has 0 saturated heterocycles. The third-order valence-electron chi connectivity index (χ3n) is 6.86. The molecule has 29 heavy (non-hydrogen) atoms. The quantitative estimate of drug-likeness (QED) is 0.724. The Bertz CT molecular complexity index is 821. The number of hydrazone groups is 1. The van der Waals surface area contributed by atoms with Gasteiger partial charge in [0, 0.05) is 23.2 Å². The summed E-state index contributed by atoms with van der Waals surface area (Å²) in [6, 6.07) is 7.13. The fourth-order valence-corrected chi connectivity index (χ4v) is 4.54. The number of carbonyl (C=O) groups is 2. The van der Waals surface area contributed by atoms with Crippen LogP contribution in [0.2, 0.25) is 0 Å². The van der Waals surface area contributed by atoms with Crippen LogP contribution < -0.4 is 10.7 Å². The van der Waals surface area contributed by atoms with E-state index >= 15 is 0 Å². The second-order valence-electron chi connectivity index (χ2n) is 10.0. The summed E-state index contributed by atoms with van der Waals surface area (Å²) in [6.07, 6.45) is 2.89. The summed E-state index contributed by atoms with van der Waals surface area (Å²) in [5.41, 5.74) is 5.07. The van der Waals surface area contributed by atoms with Gasteiger partial charge in [-0.2, -0.15) is 5.10 Å². The second kappa shape index (κ2) is 7.47. The van der Waals surface area contributed by atoms with Crippen LogP contribution in [0.5, 0.6) is 0 Å². The molecule has 2 fully saturated rings. The number of ether oxygens (including phenoxy) is 1. The van der Waals surface area contributed by atoms with Crippen molar-refractivity contribution >= 4 is 17.7 Å². The number of nitrogens with zero attached hydrogens (tertiary/aromatic N) is 1. The zero-order valence-corrected chi connectivity index (χ0v) is 18.4. The highest BCUT2D eigenvalue weighted by Crippen LogP contribution is 2.63. The van der Waals surface area contributed by atoms with Gasteiger partial charge in [-0.05, 0) is 69.1 Å². The van der Waals surface area contributed by atoms with Crippen LogP contribution in [0.25, 0.3) is 0 Å². The first kappa shape index (κ1) is 21.3. The van der Waals surface area contributed by atoms with Gasteiger partial charge < -0.3 is 10.1 Å². The molecular weight excluding hydrogens is 366 g/mol. The molecule has 2 N–H and O–H groups in total. The normalized spacial score (nSPS) is 26.4. The van der Waals surface area contributed by atoms with Gasteiger partial charge in [-0.1, -0.05) is 32.9 Å². The summed E-state index contributed by atoms with van der Waals surface area (Å²) >= 11 is 0. The monoisotopic (exact) mass is 399 g/mol. The fraction of sp³-hybridized carbons (Fsp3) is 0.609. The second-order valence-corrected chi connectivity index (χ2v) is 10.0. The molecule has 0 heterocycles. The van der Waals surface area contributed by atoms with Crippen molar-refractivity contribution in [2.45, 2.75) is 73.0 Å². The van der Waals surface area contributed by atoms with Gasteiger partial charge in [0.25, 0.3) is 5.91 Å². The third-order valence-corrected chi connectivity index (χ3v) is 6.86. The topological polar surface area (TPSA) is 79.8 Å². The summed E-state index contributed by atoms with van der Waals surface area (Å²) in [7, 11) is 0. The average molecular weight is 400 g/mol. The van der Waals surface area contributed by atoms with Gasteiger partial charge >= 0.3 is 6.09 Å². The average Bonchev–Trinajstić information content (AvgIpc) is 2.96. The highest BCUT2D eigenvalue weighted by atomic mass is 16.6. The van der Waals surface area contributed by atoms with E-state index in [0.717, 1.165) is 24.1 Å². The first-order valence-corrected chi connectivity index (χ1v) is 10.4. The van der Waals surface area contributed by atoms with Crippen molar-refractivity contribution in [2.75, 3.05) is 0 Å². The van der Waals surface area contributed by atoms with E-state index in [2.05, 4.69) is 36.6 Å². The lowest BCUT2D eigenvalue weighted by Crippen LogP contribution is -2.34. The van der Waals surface area contributed by atoms with E-state index in [0.29, 0.717) is 18.0 Å². The zero-order valence-electron chi connectivity index (χ0n) is 18.4. The van der Waals surface area contributed by atoms with Crippen molar-refractivity contribution in [3.05, 3.63) is 35.4 Å². The lowest BCUT2D eigenvalue weighted by Gasteiger charge is -2.34. The third kappa shape index (κ3) is 4.31. The highest BCUT2D eigenvalue weighted by Gasteiger charge is 2.60. The predicted molar refractivity (Wildman–Crippen MR) is 114 cm³/mol. The molecular formula is C23H33N3O3. The summed E-state index contributed by atoms with van der Waals surface area (Å²) in [6.45, 7) is 12.7. The maximum absolute atomic E-state index is 12.5. The molecule has 158 valence electrons. The maximum atomic E-state index is 12.5. The minimum atomic E-state index is -0.529. The predicted octanol–water partition coefficient (Wildman–Crippen LogP) is 4.64. The molecule has 2 aliphatic carbocycles. The lowest BCUT2D eigenvalue weighted by molar-refractivity contribution is 0.0523. The van der Waals surface area contributed by atoms with Crippen LogP contribution in [0.4, 0.5) is 4.79 Å². The van der Waals surface area contributed by atoms with E-state index in [1.807, 2.05) is 32.9 Å². The standard InChI is InChI=1S/C23H33N3O3/c1-21(2,3)29-20(28)24-14-15-7-9-16(10-8-15)19(27)26-25-18-13-17-11-12-23(18,6)22(17,4)5/h7-10,17H,11-14H2,1-6H3,(H,24,28)(H,26,27)/b25-18-/t17-,23-/m1/s1. The minimum absolute atomic E-state index is 0.0716. The van der Waals surface area contributed by atoms with Gasteiger partial charge in [-0.25, -0.2) is 10.2 Å². The summed E-state index contributed by atoms with van der Waals surface area (Å²) in [4.78, 5) is 24.2. The molecule has 0 aromatic heterocycles. The van der Waals surface area contributed by atoms with E-state index in [4.69, 9.17) is 4.74 Å². The van der Waals surface area contributed by atoms with Crippen LogP contribution >= 0.6 is 0 Å². The van der Waals surface area contributed by atoms with E-state index in [1.165, 1.54) is 6.42 Å². The number of rotatable bonds is 4. The first-order chi connectivity index (χ1) is 13.4. The first-order valence-electron chi connectivity index (χ1n) is 10.4. The summed E-state index contributed by atoms with van der Waals surface area (Å²) in [5.74, 6) is 0.438. The molecule has 0 unspecified atom stereocenters. The molecule has 2 atom stereocenters. The number of alkyl carbamates (subject to hydrolysis) is 1.